The molecule has 1 aromatic carbocycles. The first-order valence-electron chi connectivity index (χ1n) is 6.39. The van der Waals surface area contributed by atoms with Crippen molar-refractivity contribution in [2.75, 3.05) is 13.7 Å². The molecule has 4 heteroatoms. The van der Waals surface area contributed by atoms with E-state index in [-0.39, 0.29) is 5.92 Å². The Kier molecular flexibility index (Phi) is 4.49. The summed E-state index contributed by atoms with van der Waals surface area (Å²) in [5.74, 6) is 0.999. The lowest BCUT2D eigenvalue weighted by Gasteiger charge is -2.35. The van der Waals surface area contributed by atoms with Crippen molar-refractivity contribution in [3.05, 3.63) is 28.8 Å². The van der Waals surface area contributed by atoms with E-state index in [4.69, 9.17) is 22.1 Å². The normalized spacial score (nSPS) is 19.1. The molecule has 2 atom stereocenters. The van der Waals surface area contributed by atoms with Crippen molar-refractivity contribution >= 4 is 11.6 Å². The van der Waals surface area contributed by atoms with Gasteiger partial charge in [0.05, 0.1) is 13.2 Å². The van der Waals surface area contributed by atoms with Crippen LogP contribution in [0.2, 0.25) is 5.02 Å². The van der Waals surface area contributed by atoms with Crippen LogP contribution in [0.4, 0.5) is 0 Å². The monoisotopic (exact) mass is 269 g/mol. The number of benzene rings is 1. The predicted octanol–water partition coefficient (Wildman–Crippen LogP) is 2.55. The van der Waals surface area contributed by atoms with Gasteiger partial charge in [-0.2, -0.15) is 0 Å². The Bertz CT molecular complexity index is 407. The van der Waals surface area contributed by atoms with Gasteiger partial charge in [0, 0.05) is 23.0 Å². The van der Waals surface area contributed by atoms with Crippen LogP contribution in [-0.4, -0.2) is 24.9 Å². The molecule has 1 aliphatic rings. The van der Waals surface area contributed by atoms with Crippen LogP contribution in [0, 0.1) is 5.92 Å². The molecule has 3 N–H and O–H groups in total. The second-order valence-corrected chi connectivity index (χ2v) is 5.35. The molecule has 0 radical (unpaired) electrons. The van der Waals surface area contributed by atoms with Gasteiger partial charge < -0.3 is 15.6 Å². The molecule has 1 saturated carbocycles. The third-order valence-electron chi connectivity index (χ3n) is 3.89. The smallest absolute Gasteiger partial charge is 0.122 e. The van der Waals surface area contributed by atoms with Crippen molar-refractivity contribution in [1.82, 2.24) is 0 Å². The van der Waals surface area contributed by atoms with Crippen LogP contribution in [0.15, 0.2) is 18.2 Å². The summed E-state index contributed by atoms with van der Waals surface area (Å²) in [4.78, 5) is 0. The molecule has 2 rings (SSSR count). The van der Waals surface area contributed by atoms with Crippen LogP contribution < -0.4 is 10.5 Å². The Labute approximate surface area is 113 Å². The van der Waals surface area contributed by atoms with Gasteiger partial charge in [0.25, 0.3) is 0 Å². The standard InChI is InChI=1S/C14H20ClNO2/c1-18-13-6-5-10(15)7-11(13)12(8-16)14(17)9-3-2-4-9/h5-7,9,12,14,17H,2-4,8,16H2,1H3. The maximum atomic E-state index is 10.4. The molecule has 0 aromatic heterocycles. The highest BCUT2D eigenvalue weighted by Crippen LogP contribution is 2.39. The topological polar surface area (TPSA) is 55.5 Å². The summed E-state index contributed by atoms with van der Waals surface area (Å²) in [5.41, 5.74) is 6.75. The Balaban J connectivity index is 2.27. The van der Waals surface area contributed by atoms with Crippen LogP contribution in [0.25, 0.3) is 0 Å². The lowest BCUT2D eigenvalue weighted by molar-refractivity contribution is 0.0414. The SMILES string of the molecule is COc1ccc(Cl)cc1C(CN)C(O)C1CCC1. The highest BCUT2D eigenvalue weighted by Gasteiger charge is 2.33. The van der Waals surface area contributed by atoms with E-state index >= 15 is 0 Å². The Hall–Kier alpha value is -0.770. The van der Waals surface area contributed by atoms with Crippen LogP contribution >= 0.6 is 11.6 Å². The molecule has 0 saturated heterocycles. The van der Waals surface area contributed by atoms with Crippen molar-refractivity contribution in [2.24, 2.45) is 11.7 Å². The van der Waals surface area contributed by atoms with Gasteiger partial charge in [-0.05, 0) is 37.0 Å². The van der Waals surface area contributed by atoms with Crippen molar-refractivity contribution in [3.8, 4) is 5.75 Å². The van der Waals surface area contributed by atoms with Crippen molar-refractivity contribution in [2.45, 2.75) is 31.3 Å². The lowest BCUT2D eigenvalue weighted by atomic mass is 9.74. The molecule has 0 amide bonds. The summed E-state index contributed by atoms with van der Waals surface area (Å²) < 4.78 is 5.34. The number of halogens is 1. The molecular weight excluding hydrogens is 250 g/mol. The van der Waals surface area contributed by atoms with E-state index in [2.05, 4.69) is 0 Å². The lowest BCUT2D eigenvalue weighted by Crippen LogP contribution is -2.36. The zero-order valence-corrected chi connectivity index (χ0v) is 11.4. The summed E-state index contributed by atoms with van der Waals surface area (Å²) in [5, 5.41) is 11.1. The predicted molar refractivity (Wildman–Crippen MR) is 73.1 cm³/mol. The highest BCUT2D eigenvalue weighted by molar-refractivity contribution is 6.30. The van der Waals surface area contributed by atoms with Crippen molar-refractivity contribution < 1.29 is 9.84 Å². The van der Waals surface area contributed by atoms with Gasteiger partial charge in [-0.15, -0.1) is 0 Å². The quantitative estimate of drug-likeness (QED) is 0.864. The minimum Gasteiger partial charge on any atom is -0.496 e. The van der Waals surface area contributed by atoms with E-state index in [0.29, 0.717) is 17.5 Å². The second kappa shape index (κ2) is 5.91. The largest absolute Gasteiger partial charge is 0.496 e. The Morgan fingerprint density at radius 1 is 1.50 bits per heavy atom. The summed E-state index contributed by atoms with van der Waals surface area (Å²) in [7, 11) is 1.62. The zero-order chi connectivity index (χ0) is 13.1. The number of ether oxygens (including phenoxy) is 1. The fraction of sp³-hybridized carbons (Fsp3) is 0.571. The number of aliphatic hydroxyl groups is 1. The third-order valence-corrected chi connectivity index (χ3v) is 4.13. The van der Waals surface area contributed by atoms with Gasteiger partial charge in [-0.25, -0.2) is 0 Å². The molecule has 2 unspecified atom stereocenters. The fourth-order valence-corrected chi connectivity index (χ4v) is 2.74. The minimum absolute atomic E-state index is 0.107. The number of aliphatic hydroxyl groups excluding tert-OH is 1. The van der Waals surface area contributed by atoms with Gasteiger partial charge in [0.1, 0.15) is 5.75 Å². The number of hydrogen-bond donors (Lipinski definition) is 2. The molecule has 1 fully saturated rings. The molecule has 0 heterocycles. The van der Waals surface area contributed by atoms with Crippen LogP contribution in [0.5, 0.6) is 5.75 Å². The number of nitrogens with two attached hydrogens (primary N) is 1. The Morgan fingerprint density at radius 2 is 2.22 bits per heavy atom. The molecule has 1 aliphatic carbocycles. The van der Waals surface area contributed by atoms with Gasteiger partial charge >= 0.3 is 0 Å². The molecule has 0 bridgehead atoms. The summed E-state index contributed by atoms with van der Waals surface area (Å²) in [6, 6.07) is 5.46. The molecule has 100 valence electrons. The average molecular weight is 270 g/mol. The summed E-state index contributed by atoms with van der Waals surface area (Å²) in [6.07, 6.45) is 2.96. The second-order valence-electron chi connectivity index (χ2n) is 4.91. The average Bonchev–Trinajstić information content (AvgIpc) is 2.28. The summed E-state index contributed by atoms with van der Waals surface area (Å²) >= 11 is 6.03. The molecule has 18 heavy (non-hydrogen) atoms. The zero-order valence-electron chi connectivity index (χ0n) is 10.6. The van der Waals surface area contributed by atoms with Crippen LogP contribution in [0.1, 0.15) is 30.7 Å². The molecular formula is C14H20ClNO2. The highest BCUT2D eigenvalue weighted by atomic mass is 35.5. The first-order valence-corrected chi connectivity index (χ1v) is 6.76. The van der Waals surface area contributed by atoms with E-state index in [9.17, 15) is 5.11 Å². The number of hydrogen-bond acceptors (Lipinski definition) is 3. The van der Waals surface area contributed by atoms with E-state index in [1.54, 1.807) is 13.2 Å². The van der Waals surface area contributed by atoms with Gasteiger partial charge in [0.2, 0.25) is 0 Å². The molecule has 3 nitrogen and oxygen atoms in total. The molecule has 0 spiro atoms. The number of methoxy groups -OCH3 is 1. The maximum Gasteiger partial charge on any atom is 0.122 e. The molecule has 1 aromatic rings. The fourth-order valence-electron chi connectivity index (χ4n) is 2.56. The van der Waals surface area contributed by atoms with Crippen LogP contribution in [-0.2, 0) is 0 Å². The first kappa shape index (κ1) is 13.7. The van der Waals surface area contributed by atoms with Gasteiger partial charge in [0.15, 0.2) is 0 Å². The van der Waals surface area contributed by atoms with E-state index in [0.717, 1.165) is 24.2 Å². The van der Waals surface area contributed by atoms with Gasteiger partial charge in [-0.3, -0.25) is 0 Å². The van der Waals surface area contributed by atoms with Gasteiger partial charge in [-0.1, -0.05) is 18.0 Å². The Morgan fingerprint density at radius 3 is 2.72 bits per heavy atom. The van der Waals surface area contributed by atoms with Crippen molar-refractivity contribution in [3.63, 3.8) is 0 Å². The van der Waals surface area contributed by atoms with E-state index in [1.807, 2.05) is 12.1 Å². The molecule has 0 aliphatic heterocycles. The maximum absolute atomic E-state index is 10.4. The number of rotatable bonds is 5. The van der Waals surface area contributed by atoms with E-state index in [1.165, 1.54) is 6.42 Å². The minimum atomic E-state index is -0.406. The van der Waals surface area contributed by atoms with Crippen LogP contribution in [0.3, 0.4) is 0 Å². The summed E-state index contributed by atoms with van der Waals surface area (Å²) in [6.45, 7) is 0.397. The van der Waals surface area contributed by atoms with Crippen molar-refractivity contribution in [1.29, 1.82) is 0 Å². The first-order chi connectivity index (χ1) is 8.67. The van der Waals surface area contributed by atoms with E-state index < -0.39 is 6.10 Å². The third kappa shape index (κ3) is 2.63.